The third kappa shape index (κ3) is 3.91. The summed E-state index contributed by atoms with van der Waals surface area (Å²) >= 11 is -4.31. The largest absolute Gasteiger partial charge is 0.768 e. The molecule has 0 saturated heterocycles. The van der Waals surface area contributed by atoms with E-state index in [1.165, 1.54) is 12.1 Å². The van der Waals surface area contributed by atoms with Gasteiger partial charge in [-0.05, 0) is 12.1 Å². The molecule has 0 amide bonds. The van der Waals surface area contributed by atoms with Gasteiger partial charge in [-0.25, -0.2) is 4.79 Å². The van der Waals surface area contributed by atoms with Crippen LogP contribution in [-0.4, -0.2) is 37.6 Å². The fourth-order valence-corrected chi connectivity index (χ4v) is 1.61. The summed E-state index contributed by atoms with van der Waals surface area (Å²) in [5, 5.41) is 4.02. The van der Waals surface area contributed by atoms with E-state index in [0.29, 0.717) is 0 Å². The molecule has 0 aliphatic heterocycles. The Kier molecular flexibility index (Phi) is 5.29. The summed E-state index contributed by atoms with van der Waals surface area (Å²) in [6.45, 7) is -1.15. The summed E-state index contributed by atoms with van der Waals surface area (Å²) in [6.07, 6.45) is -1.69. The van der Waals surface area contributed by atoms with Crippen LogP contribution in [0.5, 0.6) is 5.75 Å². The van der Waals surface area contributed by atoms with Gasteiger partial charge in [-0.1, -0.05) is 12.1 Å². The van der Waals surface area contributed by atoms with Gasteiger partial charge in [0.25, 0.3) is 0 Å². The minimum Gasteiger partial charge on any atom is -0.768 e. The van der Waals surface area contributed by atoms with Gasteiger partial charge in [-0.2, -0.15) is 17.6 Å². The highest BCUT2D eigenvalue weighted by Gasteiger charge is 2.57. The minimum absolute atomic E-state index is 0.333. The lowest BCUT2D eigenvalue weighted by Crippen LogP contribution is -2.44. The summed E-state index contributed by atoms with van der Waals surface area (Å²) in [6, 6.07) is 5.03. The van der Waals surface area contributed by atoms with Gasteiger partial charge >= 0.3 is 17.1 Å². The fraction of sp³-hybridized carbons (Fsp3) is 0.364. The smallest absolute Gasteiger partial charge is 0.371 e. The van der Waals surface area contributed by atoms with Crippen LogP contribution in [0.4, 0.5) is 17.6 Å². The predicted octanol–water partition coefficient (Wildman–Crippen LogP) is 2.05. The Bertz CT molecular complexity index is 549. The van der Waals surface area contributed by atoms with Crippen molar-refractivity contribution in [2.24, 2.45) is 0 Å². The quantitative estimate of drug-likeness (QED) is 0.490. The molecule has 118 valence electrons. The molecule has 1 aromatic carbocycles. The average molecular weight is 329 g/mol. The molecule has 1 unspecified atom stereocenters. The number of alkyl halides is 4. The average Bonchev–Trinajstić information content (AvgIpc) is 2.38. The Morgan fingerprint density at radius 3 is 2.38 bits per heavy atom. The molecule has 10 heteroatoms. The maximum atomic E-state index is 13.0. The first-order chi connectivity index (χ1) is 9.59. The van der Waals surface area contributed by atoms with E-state index in [-0.39, 0.29) is 5.56 Å². The number of phenols is 1. The molecule has 1 rings (SSSR count). The monoisotopic (exact) mass is 329 g/mol. The van der Waals surface area contributed by atoms with Gasteiger partial charge in [-0.15, -0.1) is 0 Å². The zero-order valence-corrected chi connectivity index (χ0v) is 11.0. The molecule has 0 aliphatic rings. The first kappa shape index (κ1) is 17.4. The van der Waals surface area contributed by atoms with Crippen molar-refractivity contribution in [1.82, 2.24) is 0 Å². The molecule has 1 N–H and O–H groups in total. The number of para-hydroxylation sites is 1. The van der Waals surface area contributed by atoms with E-state index in [4.69, 9.17) is 0 Å². The standard InChI is InChI=1S/C11H10F4O5S/c12-10(13,11(14,15)21(18)19)5-6-20-9(17)7-3-1-2-4-8(7)16/h1-4,16H,5-6H2,(H,18,19)/p-1. The van der Waals surface area contributed by atoms with Crippen molar-refractivity contribution < 1.29 is 41.0 Å². The number of carbonyl (C=O) groups is 1. The van der Waals surface area contributed by atoms with Crippen molar-refractivity contribution in [2.75, 3.05) is 6.61 Å². The Labute approximate surface area is 118 Å². The number of aromatic hydroxyl groups is 1. The summed E-state index contributed by atoms with van der Waals surface area (Å²) in [4.78, 5) is 11.4. The molecule has 0 radical (unpaired) electrons. The van der Waals surface area contributed by atoms with Crippen molar-refractivity contribution in [1.29, 1.82) is 0 Å². The molecule has 0 bridgehead atoms. The van der Waals surface area contributed by atoms with Crippen LogP contribution in [0.15, 0.2) is 24.3 Å². The zero-order chi connectivity index (χ0) is 16.3. The highest BCUT2D eigenvalue weighted by molar-refractivity contribution is 7.80. The van der Waals surface area contributed by atoms with E-state index >= 15 is 0 Å². The predicted molar refractivity (Wildman–Crippen MR) is 61.8 cm³/mol. The van der Waals surface area contributed by atoms with Crippen LogP contribution in [0.25, 0.3) is 0 Å². The Morgan fingerprint density at radius 1 is 1.29 bits per heavy atom. The number of halogens is 4. The topological polar surface area (TPSA) is 86.7 Å². The molecule has 0 fully saturated rings. The van der Waals surface area contributed by atoms with Gasteiger partial charge in [-0.3, -0.25) is 4.21 Å². The molecular formula is C11H9F4O5S-. The highest BCUT2D eigenvalue weighted by atomic mass is 32.2. The van der Waals surface area contributed by atoms with Gasteiger partial charge in [0.2, 0.25) is 0 Å². The first-order valence-electron chi connectivity index (χ1n) is 5.39. The minimum atomic E-state index is -5.27. The van der Waals surface area contributed by atoms with Crippen LogP contribution in [-0.2, 0) is 15.8 Å². The molecule has 0 heterocycles. The second kappa shape index (κ2) is 6.39. The lowest BCUT2D eigenvalue weighted by molar-refractivity contribution is -0.166. The summed E-state index contributed by atoms with van der Waals surface area (Å²) in [5.74, 6) is -6.56. The first-order valence-corrected chi connectivity index (χ1v) is 6.47. The number of ether oxygens (including phenoxy) is 1. The lowest BCUT2D eigenvalue weighted by Gasteiger charge is -2.27. The Morgan fingerprint density at radius 2 is 1.86 bits per heavy atom. The van der Waals surface area contributed by atoms with E-state index in [2.05, 4.69) is 4.74 Å². The molecule has 1 aromatic rings. The number of carbonyl (C=O) groups excluding carboxylic acids is 1. The van der Waals surface area contributed by atoms with Gasteiger partial charge < -0.3 is 14.4 Å². The summed E-state index contributed by atoms with van der Waals surface area (Å²) in [5.41, 5.74) is -0.333. The van der Waals surface area contributed by atoms with Crippen LogP contribution >= 0.6 is 0 Å². The van der Waals surface area contributed by atoms with Gasteiger partial charge in [0.05, 0.1) is 13.0 Å². The fourth-order valence-electron chi connectivity index (χ4n) is 1.26. The van der Waals surface area contributed by atoms with Gasteiger partial charge in [0, 0.05) is 11.1 Å². The number of hydrogen-bond donors (Lipinski definition) is 1. The van der Waals surface area contributed by atoms with E-state index in [1.807, 2.05) is 0 Å². The number of rotatable bonds is 6. The van der Waals surface area contributed by atoms with E-state index < -0.39 is 47.0 Å². The number of esters is 1. The molecular weight excluding hydrogens is 320 g/mol. The number of benzene rings is 1. The van der Waals surface area contributed by atoms with Crippen molar-refractivity contribution >= 4 is 17.0 Å². The maximum Gasteiger partial charge on any atom is 0.371 e. The summed E-state index contributed by atoms with van der Waals surface area (Å²) in [7, 11) is 0. The molecule has 0 spiro atoms. The molecule has 5 nitrogen and oxygen atoms in total. The lowest BCUT2D eigenvalue weighted by atomic mass is 10.2. The Hall–Kier alpha value is -1.68. The molecule has 0 saturated carbocycles. The van der Waals surface area contributed by atoms with Crippen molar-refractivity contribution in [3.8, 4) is 5.75 Å². The normalized spacial score (nSPS) is 13.8. The van der Waals surface area contributed by atoms with Crippen molar-refractivity contribution in [2.45, 2.75) is 17.6 Å². The molecule has 0 aliphatic carbocycles. The molecule has 0 aromatic heterocycles. The van der Waals surface area contributed by atoms with Gasteiger partial charge in [0.15, 0.2) is 0 Å². The van der Waals surface area contributed by atoms with Crippen molar-refractivity contribution in [3.05, 3.63) is 29.8 Å². The molecule has 21 heavy (non-hydrogen) atoms. The van der Waals surface area contributed by atoms with Crippen LogP contribution in [0.3, 0.4) is 0 Å². The summed E-state index contributed by atoms with van der Waals surface area (Å²) < 4.78 is 75.8. The van der Waals surface area contributed by atoms with Crippen LogP contribution in [0.2, 0.25) is 0 Å². The highest BCUT2D eigenvalue weighted by Crippen LogP contribution is 2.38. The maximum absolute atomic E-state index is 13.0. The van der Waals surface area contributed by atoms with Crippen LogP contribution < -0.4 is 0 Å². The second-order valence-corrected chi connectivity index (χ2v) is 4.84. The Balaban J connectivity index is 2.63. The number of hydrogen-bond acceptors (Lipinski definition) is 5. The van der Waals surface area contributed by atoms with Crippen LogP contribution in [0, 0.1) is 0 Å². The second-order valence-electron chi connectivity index (χ2n) is 3.86. The SMILES string of the molecule is O=C(OCCC(F)(F)C(F)(F)S(=O)[O-])c1ccccc1O. The van der Waals surface area contributed by atoms with E-state index in [0.717, 1.165) is 12.1 Å². The van der Waals surface area contributed by atoms with Crippen LogP contribution in [0.1, 0.15) is 16.8 Å². The zero-order valence-electron chi connectivity index (χ0n) is 10.2. The third-order valence-corrected chi connectivity index (χ3v) is 3.13. The molecule has 1 atom stereocenters. The van der Waals surface area contributed by atoms with E-state index in [9.17, 15) is 36.2 Å². The van der Waals surface area contributed by atoms with Gasteiger partial charge in [0.1, 0.15) is 11.3 Å². The van der Waals surface area contributed by atoms with E-state index in [1.54, 1.807) is 0 Å². The van der Waals surface area contributed by atoms with Crippen molar-refractivity contribution in [3.63, 3.8) is 0 Å². The number of phenolic OH excluding ortho intramolecular Hbond substituents is 1. The third-order valence-electron chi connectivity index (χ3n) is 2.41.